The van der Waals surface area contributed by atoms with E-state index in [0.29, 0.717) is 11.7 Å². The topological polar surface area (TPSA) is 51.0 Å². The number of rotatable bonds is 7. The van der Waals surface area contributed by atoms with Gasteiger partial charge in [-0.1, -0.05) is 13.8 Å². The average molecular weight is 287 g/mol. The fraction of sp³-hybridized carbons (Fsp3) is 0.529. The molecule has 0 aliphatic heterocycles. The molecule has 2 heterocycles. The van der Waals surface area contributed by atoms with Gasteiger partial charge in [0.15, 0.2) is 11.6 Å². The molecule has 0 aromatic carbocycles. The summed E-state index contributed by atoms with van der Waals surface area (Å²) in [6.45, 7) is 10.7. The summed E-state index contributed by atoms with van der Waals surface area (Å²) in [5.41, 5.74) is 3.37. The normalized spacial score (nSPS) is 11.3. The quantitative estimate of drug-likeness (QED) is 0.791. The average Bonchev–Trinajstić information content (AvgIpc) is 2.94. The van der Waals surface area contributed by atoms with Crippen LogP contribution in [0.15, 0.2) is 22.8 Å². The largest absolute Gasteiger partial charge is 0.461 e. The Balaban J connectivity index is 1.98. The third kappa shape index (κ3) is 4.39. The highest BCUT2D eigenvalue weighted by Gasteiger charge is 2.11. The second kappa shape index (κ2) is 7.36. The Morgan fingerprint density at radius 1 is 1.19 bits per heavy atom. The molecule has 2 rings (SSSR count). The van der Waals surface area contributed by atoms with Gasteiger partial charge < -0.3 is 9.73 Å². The molecule has 0 aliphatic rings. The molecule has 2 aromatic rings. The van der Waals surface area contributed by atoms with Crippen LogP contribution in [0.1, 0.15) is 37.2 Å². The zero-order valence-electron chi connectivity index (χ0n) is 13.4. The van der Waals surface area contributed by atoms with Crippen molar-refractivity contribution in [3.63, 3.8) is 0 Å². The summed E-state index contributed by atoms with van der Waals surface area (Å²) in [5.74, 6) is 2.10. The van der Waals surface area contributed by atoms with Gasteiger partial charge in [0.05, 0.1) is 6.26 Å². The van der Waals surface area contributed by atoms with Crippen molar-refractivity contribution in [2.24, 2.45) is 5.92 Å². The van der Waals surface area contributed by atoms with Crippen molar-refractivity contribution in [1.82, 2.24) is 15.3 Å². The highest BCUT2D eigenvalue weighted by molar-refractivity contribution is 5.47. The number of furan rings is 1. The highest BCUT2D eigenvalue weighted by atomic mass is 16.3. The Morgan fingerprint density at radius 3 is 2.48 bits per heavy atom. The molecule has 0 aliphatic carbocycles. The lowest BCUT2D eigenvalue weighted by Crippen LogP contribution is -2.21. The molecule has 0 atom stereocenters. The number of aromatic nitrogens is 2. The van der Waals surface area contributed by atoms with Crippen LogP contribution in [0.25, 0.3) is 11.6 Å². The summed E-state index contributed by atoms with van der Waals surface area (Å²) >= 11 is 0. The van der Waals surface area contributed by atoms with Gasteiger partial charge >= 0.3 is 0 Å². The van der Waals surface area contributed by atoms with Gasteiger partial charge in [-0.25, -0.2) is 9.97 Å². The summed E-state index contributed by atoms with van der Waals surface area (Å²) < 4.78 is 5.37. The molecule has 21 heavy (non-hydrogen) atoms. The van der Waals surface area contributed by atoms with Crippen LogP contribution in [0.3, 0.4) is 0 Å². The minimum atomic E-state index is 0.677. The molecule has 1 N–H and O–H groups in total. The van der Waals surface area contributed by atoms with Gasteiger partial charge in [0.1, 0.15) is 0 Å². The van der Waals surface area contributed by atoms with Gasteiger partial charge in [-0.2, -0.15) is 0 Å². The van der Waals surface area contributed by atoms with Crippen LogP contribution < -0.4 is 5.32 Å². The molecule has 4 nitrogen and oxygen atoms in total. The van der Waals surface area contributed by atoms with E-state index in [1.165, 1.54) is 5.56 Å². The van der Waals surface area contributed by atoms with Crippen molar-refractivity contribution >= 4 is 0 Å². The molecule has 0 fully saturated rings. The number of aryl methyl sites for hydroxylation is 2. The summed E-state index contributed by atoms with van der Waals surface area (Å²) in [6.07, 6.45) is 3.77. The van der Waals surface area contributed by atoms with Crippen molar-refractivity contribution < 1.29 is 4.42 Å². The third-order valence-electron chi connectivity index (χ3n) is 3.50. The Bertz CT molecular complexity index is 538. The van der Waals surface area contributed by atoms with Crippen molar-refractivity contribution in [3.8, 4) is 11.6 Å². The SMILES string of the molecule is Cc1nc(-c2ccco2)nc(C)c1CCCNCC(C)C. The monoisotopic (exact) mass is 287 g/mol. The Morgan fingerprint density at radius 2 is 1.90 bits per heavy atom. The van der Waals surface area contributed by atoms with Gasteiger partial charge in [-0.05, 0) is 63.4 Å². The number of hydrogen-bond donors (Lipinski definition) is 1. The van der Waals surface area contributed by atoms with Crippen LogP contribution in [0.2, 0.25) is 0 Å². The molecule has 0 amide bonds. The molecular weight excluding hydrogens is 262 g/mol. The lowest BCUT2D eigenvalue weighted by Gasteiger charge is -2.11. The molecule has 4 heteroatoms. The maximum atomic E-state index is 5.37. The lowest BCUT2D eigenvalue weighted by molar-refractivity contribution is 0.542. The zero-order chi connectivity index (χ0) is 15.2. The molecular formula is C17H25N3O. The molecule has 0 spiro atoms. The van der Waals surface area contributed by atoms with Gasteiger partial charge in [0.2, 0.25) is 0 Å². The van der Waals surface area contributed by atoms with Crippen LogP contribution in [0, 0.1) is 19.8 Å². The Labute approximate surface area is 127 Å². The second-order valence-corrected chi connectivity index (χ2v) is 5.88. The van der Waals surface area contributed by atoms with Gasteiger partial charge in [0.25, 0.3) is 0 Å². The fourth-order valence-electron chi connectivity index (χ4n) is 2.40. The molecule has 2 aromatic heterocycles. The molecule has 0 unspecified atom stereocenters. The molecule has 0 radical (unpaired) electrons. The van der Waals surface area contributed by atoms with Crippen LogP contribution >= 0.6 is 0 Å². The predicted molar refractivity (Wildman–Crippen MR) is 85.2 cm³/mol. The van der Waals surface area contributed by atoms with E-state index in [1.54, 1.807) is 6.26 Å². The van der Waals surface area contributed by atoms with Gasteiger partial charge in [-0.3, -0.25) is 0 Å². The third-order valence-corrected chi connectivity index (χ3v) is 3.50. The molecule has 0 saturated carbocycles. The Hall–Kier alpha value is -1.68. The minimum Gasteiger partial charge on any atom is -0.461 e. The van der Waals surface area contributed by atoms with E-state index in [0.717, 1.165) is 43.1 Å². The van der Waals surface area contributed by atoms with Crippen molar-refractivity contribution in [1.29, 1.82) is 0 Å². The minimum absolute atomic E-state index is 0.677. The first-order valence-corrected chi connectivity index (χ1v) is 7.66. The summed E-state index contributed by atoms with van der Waals surface area (Å²) in [7, 11) is 0. The van der Waals surface area contributed by atoms with E-state index in [2.05, 4.69) is 43.0 Å². The Kier molecular flexibility index (Phi) is 5.51. The van der Waals surface area contributed by atoms with Crippen LogP contribution in [-0.4, -0.2) is 23.1 Å². The maximum Gasteiger partial charge on any atom is 0.196 e. The highest BCUT2D eigenvalue weighted by Crippen LogP contribution is 2.19. The first-order chi connectivity index (χ1) is 10.1. The number of hydrogen-bond acceptors (Lipinski definition) is 4. The van der Waals surface area contributed by atoms with Crippen LogP contribution in [0.4, 0.5) is 0 Å². The van der Waals surface area contributed by atoms with Crippen molar-refractivity contribution in [3.05, 3.63) is 35.3 Å². The molecule has 114 valence electrons. The van der Waals surface area contributed by atoms with E-state index in [9.17, 15) is 0 Å². The van der Waals surface area contributed by atoms with E-state index in [-0.39, 0.29) is 0 Å². The second-order valence-electron chi connectivity index (χ2n) is 5.88. The fourth-order valence-corrected chi connectivity index (χ4v) is 2.40. The first kappa shape index (κ1) is 15.7. The predicted octanol–water partition coefficient (Wildman–Crippen LogP) is 3.53. The van der Waals surface area contributed by atoms with E-state index >= 15 is 0 Å². The van der Waals surface area contributed by atoms with Gasteiger partial charge in [0, 0.05) is 11.4 Å². The van der Waals surface area contributed by atoms with Crippen LogP contribution in [-0.2, 0) is 6.42 Å². The summed E-state index contributed by atoms with van der Waals surface area (Å²) in [6, 6.07) is 3.75. The van der Waals surface area contributed by atoms with Gasteiger partial charge in [-0.15, -0.1) is 0 Å². The van der Waals surface area contributed by atoms with E-state index < -0.39 is 0 Å². The lowest BCUT2D eigenvalue weighted by atomic mass is 10.1. The molecule has 0 bridgehead atoms. The van der Waals surface area contributed by atoms with Crippen LogP contribution in [0.5, 0.6) is 0 Å². The maximum absolute atomic E-state index is 5.37. The van der Waals surface area contributed by atoms with E-state index in [1.807, 2.05) is 12.1 Å². The standard InChI is InChI=1S/C17H25N3O/c1-12(2)11-18-9-5-7-15-13(3)19-17(20-14(15)4)16-8-6-10-21-16/h6,8,10,12,18H,5,7,9,11H2,1-4H3. The zero-order valence-corrected chi connectivity index (χ0v) is 13.4. The molecule has 0 saturated heterocycles. The van der Waals surface area contributed by atoms with Crippen molar-refractivity contribution in [2.45, 2.75) is 40.5 Å². The summed E-state index contributed by atoms with van der Waals surface area (Å²) in [5, 5.41) is 3.47. The van der Waals surface area contributed by atoms with Crippen molar-refractivity contribution in [2.75, 3.05) is 13.1 Å². The van der Waals surface area contributed by atoms with E-state index in [4.69, 9.17) is 4.42 Å². The summed E-state index contributed by atoms with van der Waals surface area (Å²) in [4.78, 5) is 9.16. The number of nitrogens with zero attached hydrogens (tertiary/aromatic N) is 2. The smallest absolute Gasteiger partial charge is 0.196 e. The number of nitrogens with one attached hydrogen (secondary N) is 1. The first-order valence-electron chi connectivity index (χ1n) is 7.66.